The molecule has 2 N–H and O–H groups in total. The summed E-state index contributed by atoms with van der Waals surface area (Å²) < 4.78 is 27.6. The summed E-state index contributed by atoms with van der Waals surface area (Å²) in [5.74, 6) is 0.631. The fourth-order valence-electron chi connectivity index (χ4n) is 3.34. The van der Waals surface area contributed by atoms with Crippen molar-refractivity contribution in [3.05, 3.63) is 0 Å². The van der Waals surface area contributed by atoms with Gasteiger partial charge in [-0.3, -0.25) is 0 Å². The van der Waals surface area contributed by atoms with Gasteiger partial charge in [0.2, 0.25) is 10.0 Å². The van der Waals surface area contributed by atoms with Gasteiger partial charge in [-0.25, -0.2) is 13.1 Å². The van der Waals surface area contributed by atoms with Gasteiger partial charge >= 0.3 is 0 Å². The van der Waals surface area contributed by atoms with Gasteiger partial charge in [0.1, 0.15) is 0 Å². The van der Waals surface area contributed by atoms with Crippen molar-refractivity contribution in [1.82, 2.24) is 10.0 Å². The molecule has 1 saturated heterocycles. The molecule has 2 fully saturated rings. The summed E-state index contributed by atoms with van der Waals surface area (Å²) >= 11 is 0. The Labute approximate surface area is 117 Å². The largest absolute Gasteiger partial charge is 0.317 e. The highest BCUT2D eigenvalue weighted by atomic mass is 32.2. The fraction of sp³-hybridized carbons (Fsp3) is 1.00. The number of piperidine rings is 1. The topological polar surface area (TPSA) is 58.2 Å². The highest BCUT2D eigenvalue weighted by Gasteiger charge is 2.35. The molecule has 1 aliphatic carbocycles. The molecular formula is C14H28N2O2S. The van der Waals surface area contributed by atoms with E-state index in [1.165, 1.54) is 6.42 Å². The molecule has 1 aliphatic heterocycles. The van der Waals surface area contributed by atoms with Crippen LogP contribution in [0.25, 0.3) is 0 Å². The lowest BCUT2D eigenvalue weighted by molar-refractivity contribution is 0.188. The maximum Gasteiger partial charge on any atom is 0.212 e. The molecule has 2 aliphatic rings. The molecule has 4 nitrogen and oxygen atoms in total. The Kier molecular flexibility index (Phi) is 4.90. The molecule has 0 spiro atoms. The molecule has 0 radical (unpaired) electrons. The molecule has 1 atom stereocenters. The number of nitrogens with one attached hydrogen (secondary N) is 2. The minimum atomic E-state index is -3.13. The van der Waals surface area contributed by atoms with Gasteiger partial charge in [-0.05, 0) is 50.1 Å². The molecule has 1 heterocycles. The second kappa shape index (κ2) is 6.10. The first-order valence-electron chi connectivity index (χ1n) is 7.60. The zero-order chi connectivity index (χ0) is 13.9. The minimum absolute atomic E-state index is 0.0967. The van der Waals surface area contributed by atoms with E-state index >= 15 is 0 Å². The van der Waals surface area contributed by atoms with E-state index in [4.69, 9.17) is 0 Å². The van der Waals surface area contributed by atoms with Crippen molar-refractivity contribution in [3.8, 4) is 0 Å². The van der Waals surface area contributed by atoms with Crippen LogP contribution >= 0.6 is 0 Å². The highest BCUT2D eigenvalue weighted by molar-refractivity contribution is 7.89. The van der Waals surface area contributed by atoms with Crippen molar-refractivity contribution < 1.29 is 8.42 Å². The number of hydrogen-bond acceptors (Lipinski definition) is 3. The minimum Gasteiger partial charge on any atom is -0.317 e. The van der Waals surface area contributed by atoms with E-state index in [0.717, 1.165) is 45.2 Å². The first kappa shape index (κ1) is 15.3. The second-order valence-electron chi connectivity index (χ2n) is 6.88. The van der Waals surface area contributed by atoms with Crippen LogP contribution in [-0.2, 0) is 10.0 Å². The van der Waals surface area contributed by atoms with Gasteiger partial charge in [0.25, 0.3) is 0 Å². The van der Waals surface area contributed by atoms with Crippen LogP contribution in [0.4, 0.5) is 0 Å². The van der Waals surface area contributed by atoms with E-state index in [9.17, 15) is 8.42 Å². The molecule has 1 unspecified atom stereocenters. The van der Waals surface area contributed by atoms with E-state index in [1.54, 1.807) is 0 Å². The van der Waals surface area contributed by atoms with Gasteiger partial charge in [-0.2, -0.15) is 0 Å². The molecule has 0 aromatic carbocycles. The fourth-order valence-corrected chi connectivity index (χ4v) is 5.26. The van der Waals surface area contributed by atoms with Crippen molar-refractivity contribution in [1.29, 1.82) is 0 Å². The lowest BCUT2D eigenvalue weighted by Crippen LogP contribution is -2.48. The van der Waals surface area contributed by atoms with E-state index in [2.05, 4.69) is 23.9 Å². The van der Waals surface area contributed by atoms with Gasteiger partial charge in [-0.15, -0.1) is 0 Å². The Morgan fingerprint density at radius 3 is 2.47 bits per heavy atom. The number of sulfonamides is 1. The molecule has 5 heteroatoms. The molecule has 112 valence electrons. The standard InChI is InChI=1S/C14H28N2O2S/c1-14(2)8-4-3-5-13(14)16-19(17,18)11-12-6-9-15-10-7-12/h12-13,15-16H,3-11H2,1-2H3. The third kappa shape index (κ3) is 4.43. The van der Waals surface area contributed by atoms with Crippen LogP contribution in [0.5, 0.6) is 0 Å². The quantitative estimate of drug-likeness (QED) is 0.830. The van der Waals surface area contributed by atoms with Gasteiger partial charge in [0.15, 0.2) is 0 Å². The zero-order valence-electron chi connectivity index (χ0n) is 12.2. The van der Waals surface area contributed by atoms with Crippen molar-refractivity contribution in [3.63, 3.8) is 0 Å². The van der Waals surface area contributed by atoms with Crippen LogP contribution < -0.4 is 10.0 Å². The lowest BCUT2D eigenvalue weighted by Gasteiger charge is -2.39. The van der Waals surface area contributed by atoms with Gasteiger partial charge in [-0.1, -0.05) is 26.7 Å². The smallest absolute Gasteiger partial charge is 0.212 e. The predicted octanol–water partition coefficient (Wildman–Crippen LogP) is 1.87. The van der Waals surface area contributed by atoms with Gasteiger partial charge in [0, 0.05) is 6.04 Å². The Hall–Kier alpha value is -0.130. The van der Waals surface area contributed by atoms with Crippen LogP contribution in [0.3, 0.4) is 0 Å². The van der Waals surface area contributed by atoms with Crippen molar-refractivity contribution in [2.45, 2.75) is 58.4 Å². The van der Waals surface area contributed by atoms with Crippen LogP contribution in [0, 0.1) is 11.3 Å². The summed E-state index contributed by atoms with van der Waals surface area (Å²) in [4.78, 5) is 0. The summed E-state index contributed by atoms with van der Waals surface area (Å²) in [6.45, 7) is 6.28. The molecule has 0 aromatic heterocycles. The van der Waals surface area contributed by atoms with Gasteiger partial charge in [0.05, 0.1) is 5.75 Å². The molecule has 2 rings (SSSR count). The van der Waals surface area contributed by atoms with Crippen LogP contribution in [0.15, 0.2) is 0 Å². The van der Waals surface area contributed by atoms with Crippen LogP contribution in [0.2, 0.25) is 0 Å². The third-order valence-corrected chi connectivity index (χ3v) is 6.30. The summed E-state index contributed by atoms with van der Waals surface area (Å²) in [5, 5.41) is 3.28. The summed E-state index contributed by atoms with van der Waals surface area (Å²) in [5.41, 5.74) is 0.0967. The Morgan fingerprint density at radius 1 is 1.16 bits per heavy atom. The second-order valence-corrected chi connectivity index (χ2v) is 8.68. The molecular weight excluding hydrogens is 260 g/mol. The van der Waals surface area contributed by atoms with Crippen LogP contribution in [0.1, 0.15) is 52.4 Å². The maximum absolute atomic E-state index is 12.3. The van der Waals surface area contributed by atoms with E-state index < -0.39 is 10.0 Å². The first-order chi connectivity index (χ1) is 8.89. The van der Waals surface area contributed by atoms with E-state index in [0.29, 0.717) is 11.7 Å². The average Bonchev–Trinajstić information content (AvgIpc) is 2.32. The summed E-state index contributed by atoms with van der Waals surface area (Å²) in [7, 11) is -3.13. The number of rotatable bonds is 4. The predicted molar refractivity (Wildman–Crippen MR) is 78.6 cm³/mol. The Morgan fingerprint density at radius 2 is 1.84 bits per heavy atom. The molecule has 19 heavy (non-hydrogen) atoms. The summed E-state index contributed by atoms with van der Waals surface area (Å²) in [6, 6.07) is 0.118. The van der Waals surface area contributed by atoms with Crippen molar-refractivity contribution >= 4 is 10.0 Å². The maximum atomic E-state index is 12.3. The Balaban J connectivity index is 1.92. The third-order valence-electron chi connectivity index (χ3n) is 4.74. The van der Waals surface area contributed by atoms with E-state index in [-0.39, 0.29) is 11.5 Å². The average molecular weight is 288 g/mol. The SMILES string of the molecule is CC1(C)CCCCC1NS(=O)(=O)CC1CCNCC1. The van der Waals surface area contributed by atoms with Crippen LogP contribution in [-0.4, -0.2) is 33.3 Å². The normalized spacial score (nSPS) is 29.3. The molecule has 0 bridgehead atoms. The summed E-state index contributed by atoms with van der Waals surface area (Å²) in [6.07, 6.45) is 6.43. The molecule has 0 amide bonds. The Bertz CT molecular complexity index is 386. The van der Waals surface area contributed by atoms with Crippen molar-refractivity contribution in [2.75, 3.05) is 18.8 Å². The molecule has 1 saturated carbocycles. The van der Waals surface area contributed by atoms with Gasteiger partial charge < -0.3 is 5.32 Å². The number of hydrogen-bond donors (Lipinski definition) is 2. The zero-order valence-corrected chi connectivity index (χ0v) is 13.1. The highest BCUT2D eigenvalue weighted by Crippen LogP contribution is 2.35. The van der Waals surface area contributed by atoms with E-state index in [1.807, 2.05) is 0 Å². The molecule has 0 aromatic rings. The monoisotopic (exact) mass is 288 g/mol. The lowest BCUT2D eigenvalue weighted by atomic mass is 9.74. The first-order valence-corrected chi connectivity index (χ1v) is 9.25. The van der Waals surface area contributed by atoms with Crippen molar-refractivity contribution in [2.24, 2.45) is 11.3 Å².